The van der Waals surface area contributed by atoms with Crippen LogP contribution in [0, 0.1) is 24.0 Å². The summed E-state index contributed by atoms with van der Waals surface area (Å²) in [7, 11) is 1.51. The minimum absolute atomic E-state index is 0.0218. The number of H-pyrrole nitrogens is 1. The zero-order valence-corrected chi connectivity index (χ0v) is 22.2. The predicted octanol–water partition coefficient (Wildman–Crippen LogP) is 2.70. The Morgan fingerprint density at radius 1 is 1.24 bits per heavy atom. The summed E-state index contributed by atoms with van der Waals surface area (Å²) in [5, 5.41) is 19.6. The van der Waals surface area contributed by atoms with E-state index in [0.717, 1.165) is 6.07 Å². The second kappa shape index (κ2) is 13.5. The molecule has 0 aliphatic heterocycles. The number of amides is 1. The molecule has 0 bridgehead atoms. The summed E-state index contributed by atoms with van der Waals surface area (Å²) < 4.78 is 39.7. The van der Waals surface area contributed by atoms with Gasteiger partial charge in [0.1, 0.15) is 18.1 Å². The van der Waals surface area contributed by atoms with Gasteiger partial charge in [0.25, 0.3) is 0 Å². The summed E-state index contributed by atoms with van der Waals surface area (Å²) in [5.41, 5.74) is 6.03. The molecular formula is C28H29F2N7O4. The largest absolute Gasteiger partial charge is 0.493 e. The minimum Gasteiger partial charge on any atom is -0.493 e. The first kappa shape index (κ1) is 29.2. The zero-order valence-electron chi connectivity index (χ0n) is 22.2. The summed E-state index contributed by atoms with van der Waals surface area (Å²) in [5.74, 6) is -0.301. The first-order valence-electron chi connectivity index (χ1n) is 12.6. The highest BCUT2D eigenvalue weighted by atomic mass is 19.2. The van der Waals surface area contributed by atoms with Gasteiger partial charge in [0.05, 0.1) is 38.1 Å². The summed E-state index contributed by atoms with van der Waals surface area (Å²) in [6.07, 6.45) is 7.41. The molecule has 2 aromatic heterocycles. The number of benzene rings is 2. The lowest BCUT2D eigenvalue weighted by atomic mass is 9.94. The van der Waals surface area contributed by atoms with Crippen LogP contribution >= 0.6 is 0 Å². The van der Waals surface area contributed by atoms with Gasteiger partial charge in [0, 0.05) is 36.2 Å². The van der Waals surface area contributed by atoms with Crippen molar-refractivity contribution in [2.45, 2.75) is 12.3 Å². The number of methoxy groups -OCH3 is 1. The molecule has 4 aromatic rings. The number of terminal acetylenes is 1. The Morgan fingerprint density at radius 2 is 2.07 bits per heavy atom. The van der Waals surface area contributed by atoms with Crippen molar-refractivity contribution in [2.75, 3.05) is 45.3 Å². The van der Waals surface area contributed by atoms with Gasteiger partial charge in [-0.1, -0.05) is 18.1 Å². The lowest BCUT2D eigenvalue weighted by Gasteiger charge is -2.18. The number of aromatic amines is 1. The smallest absolute Gasteiger partial charge is 0.231 e. The second-order valence-electron chi connectivity index (χ2n) is 8.96. The number of aromatic nitrogens is 4. The van der Waals surface area contributed by atoms with Crippen LogP contribution in [0.15, 0.2) is 42.7 Å². The van der Waals surface area contributed by atoms with Gasteiger partial charge in [-0.15, -0.1) is 6.42 Å². The van der Waals surface area contributed by atoms with Gasteiger partial charge in [-0.05, 0) is 18.6 Å². The van der Waals surface area contributed by atoms with Crippen LogP contribution in [0.25, 0.3) is 10.9 Å². The number of nitrogens with one attached hydrogen (secondary N) is 2. The van der Waals surface area contributed by atoms with Crippen molar-refractivity contribution in [3.63, 3.8) is 0 Å². The molecule has 1 amide bonds. The highest BCUT2D eigenvalue weighted by Gasteiger charge is 2.27. The van der Waals surface area contributed by atoms with E-state index in [9.17, 15) is 18.7 Å². The van der Waals surface area contributed by atoms with Crippen LogP contribution in [0.5, 0.6) is 11.5 Å². The van der Waals surface area contributed by atoms with Gasteiger partial charge in [-0.3, -0.25) is 14.8 Å². The van der Waals surface area contributed by atoms with Crippen molar-refractivity contribution >= 4 is 28.4 Å². The number of anilines is 2. The Hall–Kier alpha value is -4.80. The molecule has 1 atom stereocenters. The van der Waals surface area contributed by atoms with Gasteiger partial charge in [0.2, 0.25) is 5.91 Å². The number of primary amides is 1. The summed E-state index contributed by atoms with van der Waals surface area (Å²) >= 11 is 0. The van der Waals surface area contributed by atoms with E-state index in [4.69, 9.17) is 21.6 Å². The molecule has 5 N–H and O–H groups in total. The quantitative estimate of drug-likeness (QED) is 0.134. The number of fused-ring (bicyclic) bond motifs is 1. The van der Waals surface area contributed by atoms with E-state index in [0.29, 0.717) is 60.9 Å². The maximum Gasteiger partial charge on any atom is 0.231 e. The lowest BCUT2D eigenvalue weighted by Crippen LogP contribution is -2.29. The van der Waals surface area contributed by atoms with Crippen LogP contribution in [0.3, 0.4) is 0 Å². The van der Waals surface area contributed by atoms with Crippen LogP contribution < -0.4 is 20.5 Å². The molecule has 0 radical (unpaired) electrons. The number of hydrogen-bond donors (Lipinski definition) is 4. The molecule has 2 aromatic carbocycles. The summed E-state index contributed by atoms with van der Waals surface area (Å²) in [6.45, 7) is 1.99. The lowest BCUT2D eigenvalue weighted by molar-refractivity contribution is -0.118. The van der Waals surface area contributed by atoms with E-state index < -0.39 is 23.5 Å². The number of carbonyl (C=O) groups excluding carboxylic acids is 1. The van der Waals surface area contributed by atoms with E-state index in [2.05, 4.69) is 31.4 Å². The van der Waals surface area contributed by atoms with Crippen LogP contribution in [0.1, 0.15) is 23.6 Å². The number of hydrogen-bond acceptors (Lipinski definition) is 9. The van der Waals surface area contributed by atoms with Crippen molar-refractivity contribution in [2.24, 2.45) is 5.73 Å². The number of nitrogens with two attached hydrogens (primary N) is 1. The van der Waals surface area contributed by atoms with Crippen molar-refractivity contribution in [3.8, 4) is 23.8 Å². The Bertz CT molecular complexity index is 1560. The molecule has 214 valence electrons. The fraction of sp³-hybridized carbons (Fsp3) is 0.286. The fourth-order valence-electron chi connectivity index (χ4n) is 4.33. The van der Waals surface area contributed by atoms with Gasteiger partial charge in [-0.25, -0.2) is 18.7 Å². The average Bonchev–Trinajstić information content (AvgIpc) is 3.41. The minimum atomic E-state index is -1.29. The molecule has 4 rings (SSSR count). The molecule has 1 unspecified atom stereocenters. The second-order valence-corrected chi connectivity index (χ2v) is 8.96. The van der Waals surface area contributed by atoms with Crippen molar-refractivity contribution in [3.05, 3.63) is 65.6 Å². The highest BCUT2D eigenvalue weighted by Crippen LogP contribution is 2.35. The van der Waals surface area contributed by atoms with Gasteiger partial charge in [-0.2, -0.15) is 5.10 Å². The van der Waals surface area contributed by atoms with Crippen molar-refractivity contribution in [1.29, 1.82) is 0 Å². The average molecular weight is 566 g/mol. The number of rotatable bonds is 14. The molecule has 0 aliphatic carbocycles. The predicted molar refractivity (Wildman–Crippen MR) is 148 cm³/mol. The third-order valence-corrected chi connectivity index (χ3v) is 6.26. The first-order valence-corrected chi connectivity index (χ1v) is 12.6. The monoisotopic (exact) mass is 565 g/mol. The maximum atomic E-state index is 14.4. The number of halogens is 2. The molecule has 0 saturated carbocycles. The third-order valence-electron chi connectivity index (χ3n) is 6.26. The Kier molecular flexibility index (Phi) is 9.62. The summed E-state index contributed by atoms with van der Waals surface area (Å²) in [4.78, 5) is 22.8. The SMILES string of the molecule is C#CCN(CCO)CCCOc1cc2ncnc(Nc3cc(C(C(N)=O)c4cccc(F)c4F)[nH]n3)c2cc1OC. The first-order chi connectivity index (χ1) is 19.9. The highest BCUT2D eigenvalue weighted by molar-refractivity contribution is 5.93. The van der Waals surface area contributed by atoms with Gasteiger partial charge >= 0.3 is 0 Å². The molecule has 0 spiro atoms. The maximum absolute atomic E-state index is 14.4. The van der Waals surface area contributed by atoms with Crippen molar-refractivity contribution < 1.29 is 28.2 Å². The molecule has 2 heterocycles. The molecule has 0 saturated heterocycles. The number of carbonyl (C=O) groups is 1. The van der Waals surface area contributed by atoms with E-state index in [1.807, 2.05) is 4.90 Å². The Morgan fingerprint density at radius 3 is 2.80 bits per heavy atom. The fourth-order valence-corrected chi connectivity index (χ4v) is 4.33. The number of ether oxygens (including phenoxy) is 2. The Labute approximate surface area is 234 Å². The normalized spacial score (nSPS) is 11.8. The molecule has 0 aliphatic rings. The molecular weight excluding hydrogens is 536 g/mol. The van der Waals surface area contributed by atoms with Gasteiger partial charge in [0.15, 0.2) is 29.0 Å². The Balaban J connectivity index is 1.53. The number of nitrogens with zero attached hydrogens (tertiary/aromatic N) is 4. The standard InChI is InChI=1S/C28H29F2N7O4/c1-3-8-37(10-11-38)9-5-12-41-23-14-20-18(13-22(23)40-2)28(33-16-32-20)34-24-15-21(35-36-24)25(27(31)39)17-6-4-7-19(29)26(17)30/h1,4,6-7,13-16,25,38H,5,8-12H2,2H3,(H2,31,39)(H2,32,33,34,35,36). The van der Waals surface area contributed by atoms with Crippen molar-refractivity contribution in [1.82, 2.24) is 25.1 Å². The summed E-state index contributed by atoms with van der Waals surface area (Å²) in [6, 6.07) is 8.43. The van der Waals surface area contributed by atoms with Crippen LogP contribution in [0.4, 0.5) is 20.4 Å². The van der Waals surface area contributed by atoms with Crippen LogP contribution in [0.2, 0.25) is 0 Å². The third kappa shape index (κ3) is 6.86. The van der Waals surface area contributed by atoms with E-state index in [1.165, 1.54) is 31.6 Å². The van der Waals surface area contributed by atoms with E-state index >= 15 is 0 Å². The zero-order chi connectivity index (χ0) is 29.4. The van der Waals surface area contributed by atoms with Gasteiger partial charge < -0.3 is 25.6 Å². The topological polar surface area (TPSA) is 152 Å². The molecule has 0 fully saturated rings. The van der Waals surface area contributed by atoms with Crippen LogP contribution in [-0.4, -0.2) is 76.0 Å². The number of aliphatic hydroxyl groups excluding tert-OH is 1. The molecule has 13 heteroatoms. The van der Waals surface area contributed by atoms with Crippen LogP contribution in [-0.2, 0) is 4.79 Å². The van der Waals surface area contributed by atoms with E-state index in [-0.39, 0.29) is 23.7 Å². The number of aliphatic hydroxyl groups is 1. The van der Waals surface area contributed by atoms with E-state index in [1.54, 1.807) is 12.1 Å². The molecule has 11 nitrogen and oxygen atoms in total. The molecule has 41 heavy (non-hydrogen) atoms.